The minimum Gasteiger partial charge on any atom is -0.261 e. The number of para-hydroxylation sites is 1. The van der Waals surface area contributed by atoms with Crippen LogP contribution in [0.5, 0.6) is 0 Å². The molecular weight excluding hydrogens is 286 g/mol. The van der Waals surface area contributed by atoms with Gasteiger partial charge >= 0.3 is 0 Å². The molecule has 1 rings (SSSR count). The van der Waals surface area contributed by atoms with Gasteiger partial charge in [-0.1, -0.05) is 69.1 Å². The standard InChI is InChI=1S/C18H31NSi2/c1-20(2,3)15-17(16-21(4,5)6)11-10-14-19-18-12-8-7-9-13-18/h7-9,11-14H,10,15-16H2,1-6H3. The van der Waals surface area contributed by atoms with Crippen molar-refractivity contribution < 1.29 is 0 Å². The fourth-order valence-electron chi connectivity index (χ4n) is 2.46. The topological polar surface area (TPSA) is 12.4 Å². The van der Waals surface area contributed by atoms with Crippen LogP contribution in [0.25, 0.3) is 0 Å². The lowest BCUT2D eigenvalue weighted by molar-refractivity contribution is 1.23. The van der Waals surface area contributed by atoms with E-state index in [4.69, 9.17) is 0 Å². The molecule has 116 valence electrons. The van der Waals surface area contributed by atoms with Gasteiger partial charge in [-0.15, -0.1) is 0 Å². The van der Waals surface area contributed by atoms with Gasteiger partial charge in [0, 0.05) is 28.8 Å². The Morgan fingerprint density at radius 1 is 0.905 bits per heavy atom. The van der Waals surface area contributed by atoms with Crippen molar-refractivity contribution in [1.29, 1.82) is 0 Å². The zero-order valence-corrected chi connectivity index (χ0v) is 16.6. The molecule has 0 aromatic heterocycles. The Kier molecular flexibility index (Phi) is 6.81. The van der Waals surface area contributed by atoms with E-state index in [0.29, 0.717) is 0 Å². The van der Waals surface area contributed by atoms with Gasteiger partial charge in [0.15, 0.2) is 0 Å². The lowest BCUT2D eigenvalue weighted by Crippen LogP contribution is -2.25. The third kappa shape index (κ3) is 9.59. The van der Waals surface area contributed by atoms with E-state index < -0.39 is 16.1 Å². The molecule has 1 nitrogen and oxygen atoms in total. The van der Waals surface area contributed by atoms with Crippen molar-refractivity contribution in [3.05, 3.63) is 42.0 Å². The first-order valence-electron chi connectivity index (χ1n) is 7.91. The second-order valence-electron chi connectivity index (χ2n) is 8.22. The molecule has 3 heteroatoms. The summed E-state index contributed by atoms with van der Waals surface area (Å²) < 4.78 is 0. The van der Waals surface area contributed by atoms with Gasteiger partial charge in [-0.25, -0.2) is 0 Å². The van der Waals surface area contributed by atoms with Crippen LogP contribution in [0.1, 0.15) is 6.42 Å². The molecule has 0 unspecified atom stereocenters. The van der Waals surface area contributed by atoms with Crippen molar-refractivity contribution in [3.8, 4) is 0 Å². The molecule has 0 amide bonds. The number of hydrogen-bond donors (Lipinski definition) is 0. The van der Waals surface area contributed by atoms with Crippen LogP contribution in [-0.2, 0) is 0 Å². The van der Waals surface area contributed by atoms with E-state index in [1.54, 1.807) is 5.57 Å². The van der Waals surface area contributed by atoms with Crippen LogP contribution in [0.2, 0.25) is 51.4 Å². The summed E-state index contributed by atoms with van der Waals surface area (Å²) in [4.78, 5) is 4.52. The number of hydrogen-bond acceptors (Lipinski definition) is 1. The maximum absolute atomic E-state index is 4.52. The van der Waals surface area contributed by atoms with Crippen LogP contribution in [-0.4, -0.2) is 22.4 Å². The Morgan fingerprint density at radius 3 is 1.90 bits per heavy atom. The molecule has 1 aromatic rings. The van der Waals surface area contributed by atoms with Gasteiger partial charge < -0.3 is 0 Å². The zero-order chi connectivity index (χ0) is 15.9. The van der Waals surface area contributed by atoms with Crippen molar-refractivity contribution in [2.75, 3.05) is 0 Å². The third-order valence-corrected chi connectivity index (χ3v) is 6.05. The molecule has 0 N–H and O–H groups in total. The molecule has 0 fully saturated rings. The van der Waals surface area contributed by atoms with Crippen molar-refractivity contribution in [1.82, 2.24) is 0 Å². The van der Waals surface area contributed by atoms with Crippen molar-refractivity contribution in [2.45, 2.75) is 57.8 Å². The van der Waals surface area contributed by atoms with Crippen LogP contribution in [0, 0.1) is 0 Å². The molecule has 1 aromatic carbocycles. The normalized spacial score (nSPS) is 12.7. The fraction of sp³-hybridized carbons (Fsp3) is 0.500. The first kappa shape index (κ1) is 18.1. The van der Waals surface area contributed by atoms with Gasteiger partial charge in [0.25, 0.3) is 0 Å². The molecule has 0 bridgehead atoms. The lowest BCUT2D eigenvalue weighted by Gasteiger charge is -2.23. The first-order valence-corrected chi connectivity index (χ1v) is 15.3. The third-order valence-electron chi connectivity index (χ3n) is 3.02. The number of rotatable bonds is 7. The minimum atomic E-state index is -1.03. The van der Waals surface area contributed by atoms with E-state index in [0.717, 1.165) is 12.1 Å². The summed E-state index contributed by atoms with van der Waals surface area (Å²) in [5.74, 6) is 0. The Hall–Kier alpha value is -0.936. The van der Waals surface area contributed by atoms with Gasteiger partial charge in [0.1, 0.15) is 0 Å². The van der Waals surface area contributed by atoms with Gasteiger partial charge in [-0.2, -0.15) is 0 Å². The summed E-state index contributed by atoms with van der Waals surface area (Å²) in [7, 11) is -2.07. The molecule has 0 aliphatic carbocycles. The fourth-order valence-corrected chi connectivity index (χ4v) is 5.97. The molecule has 0 spiro atoms. The van der Waals surface area contributed by atoms with Gasteiger partial charge in [0.05, 0.1) is 5.69 Å². The zero-order valence-electron chi connectivity index (χ0n) is 14.6. The molecule has 0 aliphatic heterocycles. The maximum atomic E-state index is 4.52. The molecule has 0 saturated carbocycles. The van der Waals surface area contributed by atoms with Crippen LogP contribution in [0.4, 0.5) is 5.69 Å². The Balaban J connectivity index is 2.67. The Bertz CT molecular complexity index is 458. The number of benzene rings is 1. The number of aliphatic imine (C=N–C) groups is 1. The van der Waals surface area contributed by atoms with Crippen LogP contribution in [0.3, 0.4) is 0 Å². The first-order chi connectivity index (χ1) is 9.66. The van der Waals surface area contributed by atoms with E-state index in [1.165, 1.54) is 12.1 Å². The molecule has 0 atom stereocenters. The van der Waals surface area contributed by atoms with Crippen molar-refractivity contribution >= 4 is 28.0 Å². The summed E-state index contributed by atoms with van der Waals surface area (Å²) in [6.07, 6.45) is 5.44. The quantitative estimate of drug-likeness (QED) is 0.314. The Labute approximate surface area is 133 Å². The van der Waals surface area contributed by atoms with Crippen LogP contribution >= 0.6 is 0 Å². The average Bonchev–Trinajstić information content (AvgIpc) is 2.32. The van der Waals surface area contributed by atoms with E-state index in [-0.39, 0.29) is 0 Å². The predicted molar refractivity (Wildman–Crippen MR) is 104 cm³/mol. The van der Waals surface area contributed by atoms with E-state index >= 15 is 0 Å². The molecule has 0 radical (unpaired) electrons. The number of nitrogens with zero attached hydrogens (tertiary/aromatic N) is 1. The second-order valence-corrected chi connectivity index (χ2v) is 19.2. The highest BCUT2D eigenvalue weighted by atomic mass is 28.3. The highest BCUT2D eigenvalue weighted by Gasteiger charge is 2.20. The molecule has 21 heavy (non-hydrogen) atoms. The van der Waals surface area contributed by atoms with Crippen molar-refractivity contribution in [2.24, 2.45) is 4.99 Å². The second kappa shape index (κ2) is 7.90. The highest BCUT2D eigenvalue weighted by Crippen LogP contribution is 2.25. The summed E-state index contributed by atoms with van der Waals surface area (Å²) in [5.41, 5.74) is 2.72. The van der Waals surface area contributed by atoms with Gasteiger partial charge in [-0.3, -0.25) is 4.99 Å². The number of allylic oxidation sites excluding steroid dienone is 2. The minimum absolute atomic E-state index is 0.958. The highest BCUT2D eigenvalue weighted by molar-refractivity contribution is 6.78. The lowest BCUT2D eigenvalue weighted by atomic mass is 10.2. The molecule has 0 saturated heterocycles. The maximum Gasteiger partial charge on any atom is 0.0625 e. The molecule has 0 aliphatic rings. The smallest absolute Gasteiger partial charge is 0.0625 e. The average molecular weight is 318 g/mol. The largest absolute Gasteiger partial charge is 0.261 e. The van der Waals surface area contributed by atoms with E-state index in [2.05, 4.69) is 50.4 Å². The van der Waals surface area contributed by atoms with Gasteiger partial charge in [-0.05, 0) is 24.2 Å². The predicted octanol–water partition coefficient (Wildman–Crippen LogP) is 6.38. The monoisotopic (exact) mass is 317 g/mol. The summed E-state index contributed by atoms with van der Waals surface area (Å²) >= 11 is 0. The van der Waals surface area contributed by atoms with Gasteiger partial charge in [0.2, 0.25) is 0 Å². The Morgan fingerprint density at radius 2 is 1.43 bits per heavy atom. The SMILES string of the molecule is C[Si](C)(C)CC(=CCC=Nc1ccccc1)C[Si](C)(C)C. The van der Waals surface area contributed by atoms with E-state index in [1.807, 2.05) is 36.5 Å². The van der Waals surface area contributed by atoms with Crippen LogP contribution in [0.15, 0.2) is 47.0 Å². The van der Waals surface area contributed by atoms with E-state index in [9.17, 15) is 0 Å². The summed E-state index contributed by atoms with van der Waals surface area (Å²) in [6.45, 7) is 14.8. The summed E-state index contributed by atoms with van der Waals surface area (Å²) in [5, 5.41) is 0. The van der Waals surface area contributed by atoms with Crippen LogP contribution < -0.4 is 0 Å². The molecular formula is C18H31NSi2. The summed E-state index contributed by atoms with van der Waals surface area (Å²) in [6, 6.07) is 12.8. The van der Waals surface area contributed by atoms with Crippen molar-refractivity contribution in [3.63, 3.8) is 0 Å². The molecule has 0 heterocycles.